The van der Waals surface area contributed by atoms with Crippen LogP contribution < -0.4 is 10.6 Å². The van der Waals surface area contributed by atoms with E-state index in [1.54, 1.807) is 42.1 Å². The lowest BCUT2D eigenvalue weighted by atomic mass is 9.66. The monoisotopic (exact) mass is 692 g/mol. The average molecular weight is 693 g/mol. The number of hydrogen-bond donors (Lipinski definition) is 6. The van der Waals surface area contributed by atoms with E-state index in [4.69, 9.17) is 21.0 Å². The Labute approximate surface area is 298 Å². The maximum absolute atomic E-state index is 13.6. The van der Waals surface area contributed by atoms with Crippen LogP contribution in [-0.4, -0.2) is 85.9 Å². The number of likely N-dealkylation sites (tertiary alicyclic amines) is 1. The number of aromatic nitrogens is 2. The summed E-state index contributed by atoms with van der Waals surface area (Å²) in [6.07, 6.45) is 16.1. The number of aliphatic hydroxyl groups is 1. The van der Waals surface area contributed by atoms with Crippen molar-refractivity contribution in [1.29, 1.82) is 16.2 Å². The van der Waals surface area contributed by atoms with E-state index in [0.29, 0.717) is 48.9 Å². The molecule has 50 heavy (non-hydrogen) atoms. The number of urea groups is 1. The summed E-state index contributed by atoms with van der Waals surface area (Å²) in [7, 11) is 1.80. The third-order valence-electron chi connectivity index (χ3n) is 9.76. The molecule has 1 aliphatic heterocycles. The van der Waals surface area contributed by atoms with E-state index in [1.165, 1.54) is 0 Å². The van der Waals surface area contributed by atoms with Gasteiger partial charge < -0.3 is 25.5 Å². The van der Waals surface area contributed by atoms with Gasteiger partial charge in [0.1, 0.15) is 29.2 Å². The van der Waals surface area contributed by atoms with E-state index < -0.39 is 11.4 Å². The lowest BCUT2D eigenvalue weighted by Gasteiger charge is -2.44. The highest BCUT2D eigenvalue weighted by molar-refractivity contribution is 6.09. The summed E-state index contributed by atoms with van der Waals surface area (Å²) < 4.78 is 8.25. The molecule has 1 saturated heterocycles. The normalized spacial score (nSPS) is 21.4. The summed E-state index contributed by atoms with van der Waals surface area (Å²) in [4.78, 5) is 21.7. The topological polar surface area (TPSA) is 179 Å². The molecule has 4 unspecified atom stereocenters. The smallest absolute Gasteiger partial charge is 0.320 e. The molecule has 1 fully saturated rings. The van der Waals surface area contributed by atoms with Gasteiger partial charge in [0, 0.05) is 62.7 Å². The molecule has 276 valence electrons. The number of aliphatic imine (C=N–C) groups is 1. The number of nitrogens with zero attached hydrogens (tertiary/aromatic N) is 5. The van der Waals surface area contributed by atoms with Crippen molar-refractivity contribution in [3.8, 4) is 0 Å². The van der Waals surface area contributed by atoms with Crippen LogP contribution in [0.1, 0.15) is 87.5 Å². The first kappa shape index (κ1) is 40.2. The van der Waals surface area contributed by atoms with Crippen molar-refractivity contribution in [1.82, 2.24) is 30.2 Å². The second-order valence-electron chi connectivity index (χ2n) is 14.7. The van der Waals surface area contributed by atoms with Crippen molar-refractivity contribution < 1.29 is 14.6 Å². The summed E-state index contributed by atoms with van der Waals surface area (Å²) in [5, 5.41) is 45.8. The molecular weight excluding hydrogens is 632 g/mol. The van der Waals surface area contributed by atoms with Gasteiger partial charge in [-0.1, -0.05) is 65.8 Å². The van der Waals surface area contributed by atoms with Crippen molar-refractivity contribution >= 4 is 35.1 Å². The number of carbonyl (C=O) groups is 1. The molecule has 0 saturated carbocycles. The number of piperidine rings is 1. The van der Waals surface area contributed by atoms with Crippen LogP contribution in [0.2, 0.25) is 0 Å². The predicted molar refractivity (Wildman–Crippen MR) is 201 cm³/mol. The fraction of sp³-hybridized carbons (Fsp3) is 0.622. The number of aliphatic hydroxyl groups excluding tert-OH is 1. The lowest BCUT2D eigenvalue weighted by molar-refractivity contribution is 0.0353. The molecule has 3 rings (SSSR count). The Morgan fingerprint density at radius 1 is 1.24 bits per heavy atom. The van der Waals surface area contributed by atoms with Crippen molar-refractivity contribution in [2.45, 2.75) is 99.6 Å². The molecule has 13 heteroatoms. The van der Waals surface area contributed by atoms with Gasteiger partial charge in [0.05, 0.1) is 18.6 Å². The van der Waals surface area contributed by atoms with Gasteiger partial charge in [0.15, 0.2) is 0 Å². The third kappa shape index (κ3) is 10.6. The zero-order chi connectivity index (χ0) is 37.2. The van der Waals surface area contributed by atoms with Gasteiger partial charge in [-0.05, 0) is 44.4 Å². The summed E-state index contributed by atoms with van der Waals surface area (Å²) in [6, 6.07) is -0.670. The van der Waals surface area contributed by atoms with E-state index in [9.17, 15) is 9.90 Å². The van der Waals surface area contributed by atoms with Gasteiger partial charge in [0.25, 0.3) is 0 Å². The maximum Gasteiger partial charge on any atom is 0.320 e. The minimum Gasteiger partial charge on any atom is -0.493 e. The molecule has 2 heterocycles. The van der Waals surface area contributed by atoms with E-state index in [1.807, 2.05) is 58.6 Å². The van der Waals surface area contributed by atoms with Crippen molar-refractivity contribution in [2.75, 3.05) is 19.7 Å². The Hall–Kier alpha value is -4.26. The minimum atomic E-state index is -0.515. The fourth-order valence-electron chi connectivity index (χ4n) is 6.42. The van der Waals surface area contributed by atoms with Crippen molar-refractivity contribution in [2.24, 2.45) is 34.7 Å². The largest absolute Gasteiger partial charge is 0.493 e. The van der Waals surface area contributed by atoms with Crippen LogP contribution in [0.4, 0.5) is 10.5 Å². The van der Waals surface area contributed by atoms with Crippen LogP contribution in [0, 0.1) is 38.9 Å². The predicted octanol–water partition coefficient (Wildman–Crippen LogP) is 6.33. The molecule has 0 spiro atoms. The highest BCUT2D eigenvalue weighted by atomic mass is 16.5. The van der Waals surface area contributed by atoms with Crippen LogP contribution in [0.3, 0.4) is 0 Å². The first-order valence-corrected chi connectivity index (χ1v) is 17.8. The molecule has 2 aliphatic rings. The number of rotatable bonds is 12. The van der Waals surface area contributed by atoms with Crippen LogP contribution in [0.25, 0.3) is 0 Å². The number of amides is 2. The van der Waals surface area contributed by atoms with Gasteiger partial charge in [-0.3, -0.25) is 25.7 Å². The molecule has 13 nitrogen and oxygen atoms in total. The van der Waals surface area contributed by atoms with Crippen molar-refractivity contribution in [3.05, 3.63) is 48.7 Å². The number of carbonyl (C=O) groups excluding carboxylic acids is 1. The quantitative estimate of drug-likeness (QED) is 0.0847. The fourth-order valence-corrected chi connectivity index (χ4v) is 6.42. The Balaban J connectivity index is 1.79. The number of nitrogens with one attached hydrogen (secondary N) is 5. The number of aryl methyl sites for hydroxylation is 1. The molecule has 1 aliphatic carbocycles. The molecular formula is C37H60N10O3. The van der Waals surface area contributed by atoms with Gasteiger partial charge in [-0.15, -0.1) is 0 Å². The number of hydrogen-bond acceptors (Lipinski definition) is 8. The second-order valence-corrected chi connectivity index (χ2v) is 14.7. The number of guanidine groups is 1. The number of ether oxygens (including phenoxy) is 1. The van der Waals surface area contributed by atoms with Gasteiger partial charge in [0.2, 0.25) is 5.96 Å². The second kappa shape index (κ2) is 17.6. The minimum absolute atomic E-state index is 0.114. The van der Waals surface area contributed by atoms with Gasteiger partial charge >= 0.3 is 6.03 Å². The molecule has 0 bridgehead atoms. The number of allylic oxidation sites excluding steroid dienone is 3. The summed E-state index contributed by atoms with van der Waals surface area (Å²) in [5.41, 5.74) is 0.142. The summed E-state index contributed by atoms with van der Waals surface area (Å²) in [5.74, 6) is 1.61. The molecule has 1 aromatic heterocycles. The van der Waals surface area contributed by atoms with Crippen LogP contribution >= 0.6 is 0 Å². The standard InChI is InChI=1S/C37H60N10O3/c1-10-29(23-47(26(4)38)34(40)46-18-15-27(24-48)16-19-46)50-25(3)30-14-12-13-17-37(30,8)32(11-2)43-35(49)44-33(20-31(39)36(5,6)7)42-28-21-41-45(9)22-28/h12-14,17,21-23,25,27,30,32,38-40,48H,10-11,15-16,18-20,24H2,1-9H3,(H2,42,43,44,49). The van der Waals surface area contributed by atoms with Crippen LogP contribution in [0.15, 0.2) is 53.6 Å². The average Bonchev–Trinajstić information content (AvgIpc) is 3.48. The Kier molecular flexibility index (Phi) is 14.1. The van der Waals surface area contributed by atoms with Crippen molar-refractivity contribution in [3.63, 3.8) is 0 Å². The first-order chi connectivity index (χ1) is 23.5. The maximum atomic E-state index is 13.6. The first-order valence-electron chi connectivity index (χ1n) is 17.8. The Morgan fingerprint density at radius 3 is 2.46 bits per heavy atom. The molecule has 4 atom stereocenters. The van der Waals surface area contributed by atoms with E-state index in [2.05, 4.69) is 39.8 Å². The zero-order valence-corrected chi connectivity index (χ0v) is 31.5. The zero-order valence-electron chi connectivity index (χ0n) is 31.5. The molecule has 1 aromatic rings. The molecule has 0 aromatic carbocycles. The molecule has 6 N–H and O–H groups in total. The Bertz CT molecular complexity index is 1480. The van der Waals surface area contributed by atoms with E-state index >= 15 is 0 Å². The summed E-state index contributed by atoms with van der Waals surface area (Å²) in [6.45, 7) is 17.2. The SMILES string of the molecule is CCC(=CN(C(C)=N)C(=N)N1CCC(CO)CC1)OC(C)C1C=CC=CC1(C)C(CC)NC(=O)NC(CC(=N)C(C)(C)C)=Nc1cnn(C)c1. The van der Waals surface area contributed by atoms with Gasteiger partial charge in [-0.25, -0.2) is 9.79 Å². The Morgan fingerprint density at radius 2 is 1.92 bits per heavy atom. The molecule has 2 amide bonds. The highest BCUT2D eigenvalue weighted by Crippen LogP contribution is 2.41. The van der Waals surface area contributed by atoms with E-state index in [0.717, 1.165) is 12.8 Å². The van der Waals surface area contributed by atoms with Crippen LogP contribution in [0.5, 0.6) is 0 Å². The molecule has 0 radical (unpaired) electrons. The van der Waals surface area contributed by atoms with E-state index in [-0.39, 0.29) is 54.2 Å². The summed E-state index contributed by atoms with van der Waals surface area (Å²) >= 11 is 0. The number of amidine groups is 2. The lowest BCUT2D eigenvalue weighted by Crippen LogP contribution is -2.54. The van der Waals surface area contributed by atoms with Crippen LogP contribution in [-0.2, 0) is 11.8 Å². The third-order valence-corrected chi connectivity index (χ3v) is 9.76. The highest BCUT2D eigenvalue weighted by Gasteiger charge is 2.43. The van der Waals surface area contributed by atoms with Gasteiger partial charge in [-0.2, -0.15) is 5.10 Å².